The summed E-state index contributed by atoms with van der Waals surface area (Å²) in [6.45, 7) is 1.86. The average molecular weight is 264 g/mol. The van der Waals surface area contributed by atoms with Gasteiger partial charge in [-0.2, -0.15) is 0 Å². The van der Waals surface area contributed by atoms with E-state index in [4.69, 9.17) is 10.5 Å². The molecule has 104 valence electrons. The quantitative estimate of drug-likeness (QED) is 0.735. The summed E-state index contributed by atoms with van der Waals surface area (Å²) >= 11 is 0. The molecule has 0 radical (unpaired) electrons. The molecule has 5 heteroatoms. The summed E-state index contributed by atoms with van der Waals surface area (Å²) in [5.41, 5.74) is 6.17. The Bertz CT molecular complexity index is 415. The largest absolute Gasteiger partial charge is 0.484 e. The van der Waals surface area contributed by atoms with E-state index in [1.165, 1.54) is 5.56 Å². The fourth-order valence-electron chi connectivity index (χ4n) is 1.52. The summed E-state index contributed by atoms with van der Waals surface area (Å²) in [6, 6.07) is 7.66. The molecule has 0 aromatic heterocycles. The van der Waals surface area contributed by atoms with Gasteiger partial charge in [0, 0.05) is 0 Å². The Labute approximate surface area is 113 Å². The molecule has 0 aliphatic heterocycles. The van der Waals surface area contributed by atoms with Crippen LogP contribution in [0.1, 0.15) is 25.3 Å². The summed E-state index contributed by atoms with van der Waals surface area (Å²) in [6.07, 6.45) is 3.38. The van der Waals surface area contributed by atoms with Gasteiger partial charge < -0.3 is 15.8 Å². The molecule has 0 fully saturated rings. The molecule has 0 unspecified atom stereocenters. The van der Waals surface area contributed by atoms with Crippen LogP contribution in [-0.4, -0.2) is 25.0 Å². The molecule has 5 nitrogen and oxygen atoms in total. The number of nitrogens with one attached hydrogen (secondary N) is 1. The number of amides is 2. The Morgan fingerprint density at radius 3 is 2.53 bits per heavy atom. The molecule has 19 heavy (non-hydrogen) atoms. The van der Waals surface area contributed by atoms with Crippen molar-refractivity contribution in [3.63, 3.8) is 0 Å². The first kappa shape index (κ1) is 15.0. The number of hydrogen-bond acceptors (Lipinski definition) is 3. The Morgan fingerprint density at radius 1 is 1.26 bits per heavy atom. The molecule has 3 N–H and O–H groups in total. The summed E-state index contributed by atoms with van der Waals surface area (Å²) in [5.74, 6) is -0.308. The number of aryl methyl sites for hydroxylation is 1. The minimum atomic E-state index is -0.575. The second kappa shape index (κ2) is 8.13. The highest BCUT2D eigenvalue weighted by Crippen LogP contribution is 2.13. The van der Waals surface area contributed by atoms with Gasteiger partial charge in [0.25, 0.3) is 5.91 Å². The topological polar surface area (TPSA) is 81.4 Å². The first-order valence-corrected chi connectivity index (χ1v) is 6.38. The normalized spacial score (nSPS) is 9.95. The lowest BCUT2D eigenvalue weighted by atomic mass is 10.1. The molecule has 0 aliphatic rings. The minimum absolute atomic E-state index is 0.123. The van der Waals surface area contributed by atoms with E-state index < -0.39 is 5.91 Å². The second-order valence-electron chi connectivity index (χ2n) is 4.28. The van der Waals surface area contributed by atoms with E-state index in [-0.39, 0.29) is 19.1 Å². The van der Waals surface area contributed by atoms with E-state index in [0.717, 1.165) is 19.3 Å². The number of unbranched alkanes of at least 4 members (excludes halogenated alkanes) is 1. The maximum atomic E-state index is 11.3. The predicted octanol–water partition coefficient (Wildman–Crippen LogP) is 1.01. The number of benzene rings is 1. The number of carbonyl (C=O) groups is 2. The molecule has 0 heterocycles. The maximum Gasteiger partial charge on any atom is 0.258 e. The summed E-state index contributed by atoms with van der Waals surface area (Å²) in [7, 11) is 0. The van der Waals surface area contributed by atoms with Crippen molar-refractivity contribution in [2.24, 2.45) is 5.73 Å². The monoisotopic (exact) mass is 264 g/mol. The Morgan fingerprint density at radius 2 is 1.95 bits per heavy atom. The van der Waals surface area contributed by atoms with Gasteiger partial charge in [0.05, 0.1) is 6.54 Å². The molecule has 0 aliphatic carbocycles. The Hall–Kier alpha value is -2.04. The van der Waals surface area contributed by atoms with Crippen LogP contribution in [0, 0.1) is 0 Å². The highest BCUT2D eigenvalue weighted by Gasteiger charge is 2.03. The lowest BCUT2D eigenvalue weighted by molar-refractivity contribution is -0.126. The van der Waals surface area contributed by atoms with Gasteiger partial charge in [0.1, 0.15) is 5.75 Å². The van der Waals surface area contributed by atoms with Crippen LogP contribution in [0.15, 0.2) is 24.3 Å². The molecule has 1 aromatic carbocycles. The van der Waals surface area contributed by atoms with Crippen LogP contribution in [-0.2, 0) is 16.0 Å². The zero-order chi connectivity index (χ0) is 14.1. The van der Waals surface area contributed by atoms with Gasteiger partial charge in [-0.05, 0) is 30.5 Å². The number of rotatable bonds is 8. The number of ether oxygens (including phenoxy) is 1. The lowest BCUT2D eigenvalue weighted by Crippen LogP contribution is -2.36. The van der Waals surface area contributed by atoms with Crippen LogP contribution in [0.5, 0.6) is 5.75 Å². The molecular formula is C14H20N2O3. The van der Waals surface area contributed by atoms with Crippen molar-refractivity contribution >= 4 is 11.8 Å². The van der Waals surface area contributed by atoms with Crippen LogP contribution < -0.4 is 15.8 Å². The number of nitrogens with two attached hydrogens (primary N) is 1. The third kappa shape index (κ3) is 6.45. The van der Waals surface area contributed by atoms with Gasteiger partial charge in [-0.1, -0.05) is 25.5 Å². The number of carbonyl (C=O) groups excluding carboxylic acids is 2. The van der Waals surface area contributed by atoms with E-state index in [1.807, 2.05) is 24.3 Å². The second-order valence-corrected chi connectivity index (χ2v) is 4.28. The van der Waals surface area contributed by atoms with Crippen LogP contribution in [0.4, 0.5) is 0 Å². The van der Waals surface area contributed by atoms with Gasteiger partial charge in [-0.3, -0.25) is 9.59 Å². The zero-order valence-electron chi connectivity index (χ0n) is 11.1. The highest BCUT2D eigenvalue weighted by atomic mass is 16.5. The van der Waals surface area contributed by atoms with Gasteiger partial charge in [0.15, 0.2) is 6.61 Å². The van der Waals surface area contributed by atoms with E-state index in [1.54, 1.807) is 0 Å². The SMILES string of the molecule is CCCCc1ccc(OCC(=O)NCC(N)=O)cc1. The predicted molar refractivity (Wildman–Crippen MR) is 72.8 cm³/mol. The van der Waals surface area contributed by atoms with Gasteiger partial charge in [-0.25, -0.2) is 0 Å². The fourth-order valence-corrected chi connectivity index (χ4v) is 1.52. The third-order valence-corrected chi connectivity index (χ3v) is 2.57. The summed E-state index contributed by atoms with van der Waals surface area (Å²) in [4.78, 5) is 21.8. The Balaban J connectivity index is 2.33. The molecule has 2 amide bonds. The van der Waals surface area contributed by atoms with Crippen LogP contribution in [0.3, 0.4) is 0 Å². The van der Waals surface area contributed by atoms with Crippen LogP contribution in [0.2, 0.25) is 0 Å². The number of hydrogen-bond donors (Lipinski definition) is 2. The van der Waals surface area contributed by atoms with Crippen molar-refractivity contribution < 1.29 is 14.3 Å². The summed E-state index contributed by atoms with van der Waals surface area (Å²) < 4.78 is 5.30. The van der Waals surface area contributed by atoms with Crippen molar-refractivity contribution in [3.05, 3.63) is 29.8 Å². The fraction of sp³-hybridized carbons (Fsp3) is 0.429. The van der Waals surface area contributed by atoms with E-state index >= 15 is 0 Å². The molecule has 0 spiro atoms. The molecule has 1 aromatic rings. The molecule has 1 rings (SSSR count). The maximum absolute atomic E-state index is 11.3. The van der Waals surface area contributed by atoms with Gasteiger partial charge >= 0.3 is 0 Å². The van der Waals surface area contributed by atoms with Gasteiger partial charge in [0.2, 0.25) is 5.91 Å². The highest BCUT2D eigenvalue weighted by molar-refractivity contribution is 5.84. The van der Waals surface area contributed by atoms with Crippen molar-refractivity contribution in [2.45, 2.75) is 26.2 Å². The van der Waals surface area contributed by atoms with E-state index in [0.29, 0.717) is 5.75 Å². The number of primary amides is 1. The van der Waals surface area contributed by atoms with Crippen molar-refractivity contribution in [1.82, 2.24) is 5.32 Å². The first-order valence-electron chi connectivity index (χ1n) is 6.38. The van der Waals surface area contributed by atoms with Crippen LogP contribution >= 0.6 is 0 Å². The average Bonchev–Trinajstić information content (AvgIpc) is 2.41. The standard InChI is InChI=1S/C14H20N2O3/c1-2-3-4-11-5-7-12(8-6-11)19-10-14(18)16-9-13(15)17/h5-8H,2-4,9-10H2,1H3,(H2,15,17)(H,16,18). The smallest absolute Gasteiger partial charge is 0.258 e. The minimum Gasteiger partial charge on any atom is -0.484 e. The lowest BCUT2D eigenvalue weighted by Gasteiger charge is -2.07. The molecule has 0 saturated heterocycles. The molecule has 0 saturated carbocycles. The Kier molecular flexibility index (Phi) is 6.43. The third-order valence-electron chi connectivity index (χ3n) is 2.57. The van der Waals surface area contributed by atoms with Crippen molar-refractivity contribution in [1.29, 1.82) is 0 Å². The summed E-state index contributed by atoms with van der Waals surface area (Å²) in [5, 5.41) is 2.35. The first-order chi connectivity index (χ1) is 9.11. The van der Waals surface area contributed by atoms with Crippen LogP contribution in [0.25, 0.3) is 0 Å². The van der Waals surface area contributed by atoms with Gasteiger partial charge in [-0.15, -0.1) is 0 Å². The zero-order valence-corrected chi connectivity index (χ0v) is 11.1. The molecule has 0 bridgehead atoms. The van der Waals surface area contributed by atoms with E-state index in [2.05, 4.69) is 12.2 Å². The molecule has 0 atom stereocenters. The van der Waals surface area contributed by atoms with Crippen molar-refractivity contribution in [2.75, 3.05) is 13.2 Å². The molecular weight excluding hydrogens is 244 g/mol. The van der Waals surface area contributed by atoms with E-state index in [9.17, 15) is 9.59 Å². The van der Waals surface area contributed by atoms with Crippen molar-refractivity contribution in [3.8, 4) is 5.75 Å².